The number of hydrogen-bond acceptors (Lipinski definition) is 6. The maximum Gasteiger partial charge on any atom is 0.341 e. The first-order valence-electron chi connectivity index (χ1n) is 6.25. The molecule has 1 aromatic carbocycles. The van der Waals surface area contributed by atoms with E-state index in [1.807, 2.05) is 16.8 Å². The molecule has 8 heteroatoms. The molecule has 0 aliphatic heterocycles. The van der Waals surface area contributed by atoms with Crippen molar-refractivity contribution in [2.75, 3.05) is 14.2 Å². The van der Waals surface area contributed by atoms with E-state index < -0.39 is 16.0 Å². The molecular weight excluding hydrogens is 326 g/mol. The highest BCUT2D eigenvalue weighted by molar-refractivity contribution is 7.89. The third kappa shape index (κ3) is 3.65. The molecule has 0 aliphatic rings. The van der Waals surface area contributed by atoms with Crippen LogP contribution in [0.2, 0.25) is 0 Å². The number of carbonyl (C=O) groups is 1. The van der Waals surface area contributed by atoms with Gasteiger partial charge in [0, 0.05) is 12.6 Å². The molecule has 22 heavy (non-hydrogen) atoms. The van der Waals surface area contributed by atoms with E-state index in [1.54, 1.807) is 0 Å². The van der Waals surface area contributed by atoms with Crippen molar-refractivity contribution in [3.8, 4) is 5.75 Å². The summed E-state index contributed by atoms with van der Waals surface area (Å²) < 4.78 is 36.7. The van der Waals surface area contributed by atoms with E-state index in [-0.39, 0.29) is 22.8 Å². The van der Waals surface area contributed by atoms with Crippen LogP contribution in [0.1, 0.15) is 15.9 Å². The summed E-state index contributed by atoms with van der Waals surface area (Å²) in [6, 6.07) is 5.84. The van der Waals surface area contributed by atoms with E-state index in [0.29, 0.717) is 0 Å². The van der Waals surface area contributed by atoms with Crippen molar-refractivity contribution in [1.29, 1.82) is 0 Å². The average Bonchev–Trinajstić information content (AvgIpc) is 3.05. The lowest BCUT2D eigenvalue weighted by atomic mass is 10.2. The molecule has 2 aromatic rings. The van der Waals surface area contributed by atoms with Crippen LogP contribution in [0.5, 0.6) is 5.75 Å². The lowest BCUT2D eigenvalue weighted by Gasteiger charge is -2.10. The van der Waals surface area contributed by atoms with E-state index in [4.69, 9.17) is 4.74 Å². The Morgan fingerprint density at radius 1 is 1.27 bits per heavy atom. The fourth-order valence-electron chi connectivity index (χ4n) is 1.77. The van der Waals surface area contributed by atoms with Gasteiger partial charge in [-0.15, -0.1) is 0 Å². The lowest BCUT2D eigenvalue weighted by molar-refractivity contribution is 0.0597. The molecule has 0 bridgehead atoms. The number of ether oxygens (including phenoxy) is 2. The molecule has 2 rings (SSSR count). The van der Waals surface area contributed by atoms with Gasteiger partial charge in [0.25, 0.3) is 0 Å². The maximum atomic E-state index is 12.3. The smallest absolute Gasteiger partial charge is 0.341 e. The molecule has 0 saturated carbocycles. The molecule has 6 nitrogen and oxygen atoms in total. The van der Waals surface area contributed by atoms with Crippen molar-refractivity contribution in [2.45, 2.75) is 11.4 Å². The first kappa shape index (κ1) is 16.5. The van der Waals surface area contributed by atoms with Crippen molar-refractivity contribution in [2.24, 2.45) is 0 Å². The molecule has 0 amide bonds. The zero-order chi connectivity index (χ0) is 16.2. The number of rotatable bonds is 6. The molecule has 0 radical (unpaired) electrons. The predicted octanol–water partition coefficient (Wildman–Crippen LogP) is 2.02. The number of thiophene rings is 1. The second kappa shape index (κ2) is 6.91. The molecule has 0 spiro atoms. The van der Waals surface area contributed by atoms with Crippen molar-refractivity contribution in [3.63, 3.8) is 0 Å². The number of esters is 1. The third-order valence-electron chi connectivity index (χ3n) is 2.94. The monoisotopic (exact) mass is 341 g/mol. The number of sulfonamides is 1. The molecule has 0 fully saturated rings. The summed E-state index contributed by atoms with van der Waals surface area (Å²) in [7, 11) is -1.09. The second-order valence-corrected chi connectivity index (χ2v) is 6.86. The van der Waals surface area contributed by atoms with E-state index in [2.05, 4.69) is 9.46 Å². The van der Waals surface area contributed by atoms with Crippen LogP contribution >= 0.6 is 11.3 Å². The Bertz CT molecular complexity index is 754. The standard InChI is InChI=1S/C14H15NO5S2/c1-19-13-7-11(3-4-12(13)14(16)20-2)22(17,18)15-8-10-5-6-21-9-10/h3-7,9,15H,8H2,1-2H3. The number of carbonyl (C=O) groups excluding carboxylic acids is 1. The highest BCUT2D eigenvalue weighted by atomic mass is 32.2. The van der Waals surface area contributed by atoms with E-state index in [9.17, 15) is 13.2 Å². The topological polar surface area (TPSA) is 81.7 Å². The van der Waals surface area contributed by atoms with Crippen LogP contribution in [-0.2, 0) is 21.3 Å². The maximum absolute atomic E-state index is 12.3. The van der Waals surface area contributed by atoms with E-state index in [1.165, 1.54) is 43.8 Å². The lowest BCUT2D eigenvalue weighted by Crippen LogP contribution is -2.23. The van der Waals surface area contributed by atoms with Crippen LogP contribution in [0, 0.1) is 0 Å². The summed E-state index contributed by atoms with van der Waals surface area (Å²) >= 11 is 1.49. The fourth-order valence-corrected chi connectivity index (χ4v) is 3.47. The van der Waals surface area contributed by atoms with Crippen LogP contribution in [0.3, 0.4) is 0 Å². The first-order valence-corrected chi connectivity index (χ1v) is 8.67. The van der Waals surface area contributed by atoms with Gasteiger partial charge in [0.15, 0.2) is 0 Å². The van der Waals surface area contributed by atoms with Gasteiger partial charge in [0.1, 0.15) is 11.3 Å². The third-order valence-corrected chi connectivity index (χ3v) is 5.07. The van der Waals surface area contributed by atoms with Gasteiger partial charge in [0.2, 0.25) is 10.0 Å². The molecule has 0 saturated heterocycles. The van der Waals surface area contributed by atoms with Crippen molar-refractivity contribution in [3.05, 3.63) is 46.2 Å². The quantitative estimate of drug-likeness (QED) is 0.813. The molecule has 1 heterocycles. The Morgan fingerprint density at radius 3 is 2.64 bits per heavy atom. The predicted molar refractivity (Wildman–Crippen MR) is 82.7 cm³/mol. The highest BCUT2D eigenvalue weighted by Crippen LogP contribution is 2.23. The fraction of sp³-hybridized carbons (Fsp3) is 0.214. The number of nitrogens with one attached hydrogen (secondary N) is 1. The molecule has 1 aromatic heterocycles. The molecule has 118 valence electrons. The number of hydrogen-bond donors (Lipinski definition) is 1. The van der Waals surface area contributed by atoms with E-state index in [0.717, 1.165) is 5.56 Å². The minimum Gasteiger partial charge on any atom is -0.496 e. The summed E-state index contributed by atoms with van der Waals surface area (Å²) in [6.45, 7) is 0.201. The zero-order valence-corrected chi connectivity index (χ0v) is 13.7. The van der Waals surface area contributed by atoms with Crippen LogP contribution in [0.25, 0.3) is 0 Å². The number of methoxy groups -OCH3 is 2. The average molecular weight is 341 g/mol. The van der Waals surface area contributed by atoms with Crippen LogP contribution in [0.15, 0.2) is 39.9 Å². The Balaban J connectivity index is 2.25. The van der Waals surface area contributed by atoms with Crippen LogP contribution < -0.4 is 9.46 Å². The van der Waals surface area contributed by atoms with Gasteiger partial charge in [0.05, 0.1) is 19.1 Å². The summed E-state index contributed by atoms with van der Waals surface area (Å²) in [6.07, 6.45) is 0. The summed E-state index contributed by atoms with van der Waals surface area (Å²) in [5, 5.41) is 3.74. The van der Waals surface area contributed by atoms with Gasteiger partial charge in [-0.2, -0.15) is 11.3 Å². The highest BCUT2D eigenvalue weighted by Gasteiger charge is 2.19. The Hall–Kier alpha value is -1.90. The van der Waals surface area contributed by atoms with Gasteiger partial charge in [-0.3, -0.25) is 0 Å². The van der Waals surface area contributed by atoms with Gasteiger partial charge in [-0.05, 0) is 34.5 Å². The second-order valence-electron chi connectivity index (χ2n) is 4.31. The normalized spacial score (nSPS) is 11.2. The summed E-state index contributed by atoms with van der Waals surface area (Å²) in [5.74, 6) is -0.447. The van der Waals surface area contributed by atoms with Crippen molar-refractivity contribution < 1.29 is 22.7 Å². The van der Waals surface area contributed by atoms with E-state index >= 15 is 0 Å². The summed E-state index contributed by atoms with van der Waals surface area (Å²) in [4.78, 5) is 11.6. The van der Waals surface area contributed by atoms with Gasteiger partial charge in [-0.25, -0.2) is 17.9 Å². The SMILES string of the molecule is COC(=O)c1ccc(S(=O)(=O)NCc2ccsc2)cc1OC. The molecule has 0 unspecified atom stereocenters. The number of benzene rings is 1. The van der Waals surface area contributed by atoms with Crippen molar-refractivity contribution in [1.82, 2.24) is 4.72 Å². The Morgan fingerprint density at radius 2 is 2.05 bits per heavy atom. The van der Waals surface area contributed by atoms with Gasteiger partial charge >= 0.3 is 5.97 Å². The zero-order valence-electron chi connectivity index (χ0n) is 12.0. The van der Waals surface area contributed by atoms with Crippen LogP contribution in [0.4, 0.5) is 0 Å². The molecule has 1 N–H and O–H groups in total. The largest absolute Gasteiger partial charge is 0.496 e. The summed E-state index contributed by atoms with van der Waals surface area (Å²) in [5.41, 5.74) is 1.05. The van der Waals surface area contributed by atoms with Crippen LogP contribution in [-0.4, -0.2) is 28.6 Å². The minimum absolute atomic E-state index is 0.0206. The molecular formula is C14H15NO5S2. The van der Waals surface area contributed by atoms with Gasteiger partial charge < -0.3 is 9.47 Å². The molecule has 0 atom stereocenters. The van der Waals surface area contributed by atoms with Gasteiger partial charge in [-0.1, -0.05) is 0 Å². The first-order chi connectivity index (χ1) is 10.5. The van der Waals surface area contributed by atoms with Crippen molar-refractivity contribution >= 4 is 27.3 Å². The Kier molecular flexibility index (Phi) is 5.17. The Labute approximate surface area is 132 Å². The minimum atomic E-state index is -3.70. The molecule has 0 aliphatic carbocycles.